The van der Waals surface area contributed by atoms with Crippen molar-refractivity contribution in [2.24, 2.45) is 0 Å². The summed E-state index contributed by atoms with van der Waals surface area (Å²) in [5.74, 6) is -0.242. The number of likely N-dealkylation sites (N-methyl/N-ethyl adjacent to an activating group) is 1. The fraction of sp³-hybridized carbons (Fsp3) is 0.794. The van der Waals surface area contributed by atoms with Gasteiger partial charge in [0.15, 0.2) is 0 Å². The lowest BCUT2D eigenvalue weighted by atomic mass is 10.0. The number of unbranched alkanes of at least 4 members (excludes halogenated alkanes) is 16. The van der Waals surface area contributed by atoms with Crippen molar-refractivity contribution >= 4 is 19.4 Å². The Hall–Kier alpha value is -1.28. The summed E-state index contributed by atoms with van der Waals surface area (Å²) in [6, 6.07) is 7.72. The van der Waals surface area contributed by atoms with Gasteiger partial charge in [0, 0.05) is 6.42 Å². The van der Waals surface area contributed by atoms with E-state index < -0.39 is 7.82 Å². The van der Waals surface area contributed by atoms with Crippen molar-refractivity contribution in [1.82, 2.24) is 0 Å². The van der Waals surface area contributed by atoms with Crippen LogP contribution in [0.5, 0.6) is 0 Å². The van der Waals surface area contributed by atoms with Gasteiger partial charge in [0.2, 0.25) is 0 Å². The number of hydroxylamine groups is 1. The molecule has 1 amide bonds. The lowest BCUT2D eigenvalue weighted by molar-refractivity contribution is -0.870. The fourth-order valence-electron chi connectivity index (χ4n) is 4.93. The Morgan fingerprint density at radius 3 is 1.63 bits per heavy atom. The Balaban J connectivity index is 1.86. The van der Waals surface area contributed by atoms with Gasteiger partial charge in [-0.15, -0.1) is 0 Å². The van der Waals surface area contributed by atoms with Gasteiger partial charge >= 0.3 is 7.82 Å². The molecule has 8 nitrogen and oxygen atoms in total. The summed E-state index contributed by atoms with van der Waals surface area (Å²) in [5, 5.41) is 10.8. The largest absolute Gasteiger partial charge is 0.472 e. The van der Waals surface area contributed by atoms with Crippen molar-refractivity contribution in [3.05, 3.63) is 29.8 Å². The van der Waals surface area contributed by atoms with Crippen molar-refractivity contribution in [3.63, 3.8) is 0 Å². The molecule has 0 fully saturated rings. The van der Waals surface area contributed by atoms with E-state index in [1.165, 1.54) is 89.0 Å². The number of benzene rings is 1. The van der Waals surface area contributed by atoms with Gasteiger partial charge in [-0.2, -0.15) is 5.06 Å². The molecule has 0 heterocycles. The van der Waals surface area contributed by atoms with E-state index in [1.807, 2.05) is 52.3 Å². The number of quaternary nitrogens is 1. The van der Waals surface area contributed by atoms with Crippen LogP contribution >= 0.6 is 7.82 Å². The number of rotatable bonds is 28. The van der Waals surface area contributed by atoms with Gasteiger partial charge < -0.3 is 9.38 Å². The molecule has 1 aromatic carbocycles. The van der Waals surface area contributed by atoms with E-state index in [0.29, 0.717) is 23.1 Å². The fourth-order valence-corrected chi connectivity index (χ4v) is 5.68. The monoisotopic (exact) mass is 627 g/mol. The molecular formula is C34H64N2O6P+. The summed E-state index contributed by atoms with van der Waals surface area (Å²) in [6.45, 7) is 3.19. The molecule has 0 aliphatic rings. The zero-order chi connectivity index (χ0) is 31.8. The van der Waals surface area contributed by atoms with Crippen molar-refractivity contribution in [1.29, 1.82) is 0 Å². The Morgan fingerprint density at radius 2 is 1.16 bits per heavy atom. The third-order valence-electron chi connectivity index (χ3n) is 7.79. The number of carbonyl (C=O) groups excluding carboxylic acids is 1. The van der Waals surface area contributed by atoms with Gasteiger partial charge in [-0.1, -0.05) is 115 Å². The van der Waals surface area contributed by atoms with E-state index >= 15 is 0 Å². The average Bonchev–Trinajstić information content (AvgIpc) is 2.96. The van der Waals surface area contributed by atoms with Crippen molar-refractivity contribution in [2.45, 2.75) is 135 Å². The molecule has 1 unspecified atom stereocenters. The van der Waals surface area contributed by atoms with Crippen molar-refractivity contribution in [2.75, 3.05) is 46.0 Å². The molecular weight excluding hydrogens is 563 g/mol. The molecule has 1 aromatic rings. The molecule has 43 heavy (non-hydrogen) atoms. The predicted octanol–water partition coefficient (Wildman–Crippen LogP) is 9.22. The topological polar surface area (TPSA) is 96.3 Å². The molecule has 9 heteroatoms. The first-order chi connectivity index (χ1) is 20.5. The third-order valence-corrected chi connectivity index (χ3v) is 8.81. The summed E-state index contributed by atoms with van der Waals surface area (Å²) in [4.78, 5) is 21.7. The normalized spacial score (nSPS) is 13.3. The van der Waals surface area contributed by atoms with Gasteiger partial charge in [0.05, 0.1) is 33.4 Å². The Bertz CT molecular complexity index is 875. The maximum absolute atomic E-state index is 12.0. The first-order valence-corrected chi connectivity index (χ1v) is 18.6. The van der Waals surface area contributed by atoms with Crippen LogP contribution in [0.25, 0.3) is 0 Å². The number of hydrogen-bond acceptors (Lipinski definition) is 5. The number of phosphoric ester groups is 1. The molecule has 2 N–H and O–H groups in total. The summed E-state index contributed by atoms with van der Waals surface area (Å²) in [5.41, 5.74) is 1.81. The molecule has 0 saturated heterocycles. The van der Waals surface area contributed by atoms with Gasteiger partial charge in [0.25, 0.3) is 5.91 Å². The van der Waals surface area contributed by atoms with E-state index in [2.05, 4.69) is 0 Å². The highest BCUT2D eigenvalue weighted by Crippen LogP contribution is 2.43. The smallest absolute Gasteiger partial charge is 0.329 e. The molecule has 1 atom stereocenters. The molecule has 0 saturated carbocycles. The highest BCUT2D eigenvalue weighted by Gasteiger charge is 2.22. The number of carbonyl (C=O) groups is 1. The second-order valence-electron chi connectivity index (χ2n) is 13.0. The Labute approximate surface area is 263 Å². The van der Waals surface area contributed by atoms with Crippen LogP contribution < -0.4 is 5.06 Å². The number of nitrogens with zero attached hydrogens (tertiary/aromatic N) is 2. The van der Waals surface area contributed by atoms with Crippen molar-refractivity contribution < 1.29 is 33.0 Å². The van der Waals surface area contributed by atoms with Gasteiger partial charge in [-0.05, 0) is 43.4 Å². The molecule has 1 rings (SSSR count). The minimum Gasteiger partial charge on any atom is -0.329 e. The maximum atomic E-state index is 12.0. The molecule has 0 radical (unpaired) electrons. The Morgan fingerprint density at radius 1 is 0.721 bits per heavy atom. The summed E-state index contributed by atoms with van der Waals surface area (Å²) in [6.07, 6.45) is 23.0. The maximum Gasteiger partial charge on any atom is 0.472 e. The standard InChI is InChI=1S/C34H63N2O6P/c1-5-6-24-34(37)35(38)33-27-25-32(26-28-33)23-21-19-17-15-13-11-9-7-8-10-12-14-16-18-20-22-30-41-43(39,40)42-31-29-36(2,3)4/h25-28,38H,5-24,29-31H2,1-4H3/p+1. The minimum absolute atomic E-state index is 0.216. The summed E-state index contributed by atoms with van der Waals surface area (Å²) in [7, 11) is 2.12. The highest BCUT2D eigenvalue weighted by molar-refractivity contribution is 7.47. The van der Waals surface area contributed by atoms with E-state index in [-0.39, 0.29) is 19.1 Å². The average molecular weight is 628 g/mol. The van der Waals surface area contributed by atoms with Crippen LogP contribution in [0.15, 0.2) is 24.3 Å². The van der Waals surface area contributed by atoms with E-state index in [0.717, 1.165) is 43.6 Å². The van der Waals surface area contributed by atoms with Gasteiger partial charge in [-0.3, -0.25) is 19.0 Å². The second-order valence-corrected chi connectivity index (χ2v) is 14.5. The molecule has 0 aliphatic heterocycles. The number of phosphoric acid groups is 1. The van der Waals surface area contributed by atoms with Crippen LogP contribution in [0.1, 0.15) is 134 Å². The van der Waals surface area contributed by atoms with E-state index in [4.69, 9.17) is 9.05 Å². The van der Waals surface area contributed by atoms with Crippen LogP contribution in [0.4, 0.5) is 5.69 Å². The predicted molar refractivity (Wildman–Crippen MR) is 177 cm³/mol. The third kappa shape index (κ3) is 22.8. The number of anilines is 1. The number of hydrogen-bond donors (Lipinski definition) is 2. The lowest BCUT2D eigenvalue weighted by Crippen LogP contribution is -2.37. The first kappa shape index (κ1) is 39.7. The zero-order valence-corrected chi connectivity index (χ0v) is 28.8. The lowest BCUT2D eigenvalue weighted by Gasteiger charge is -2.24. The summed E-state index contributed by atoms with van der Waals surface area (Å²) >= 11 is 0. The minimum atomic E-state index is -3.91. The van der Waals surface area contributed by atoms with Gasteiger partial charge in [0.1, 0.15) is 13.2 Å². The summed E-state index contributed by atoms with van der Waals surface area (Å²) < 4.78 is 22.6. The van der Waals surface area contributed by atoms with Crippen LogP contribution in [0.2, 0.25) is 0 Å². The highest BCUT2D eigenvalue weighted by atomic mass is 31.2. The Kier molecular flexibility index (Phi) is 22.2. The van der Waals surface area contributed by atoms with Crippen LogP contribution in [0.3, 0.4) is 0 Å². The van der Waals surface area contributed by atoms with E-state index in [9.17, 15) is 19.5 Å². The molecule has 0 aliphatic carbocycles. The van der Waals surface area contributed by atoms with Crippen molar-refractivity contribution in [3.8, 4) is 0 Å². The van der Waals surface area contributed by atoms with Crippen LogP contribution in [0, 0.1) is 0 Å². The van der Waals surface area contributed by atoms with Crippen LogP contribution in [-0.2, 0) is 24.8 Å². The first-order valence-electron chi connectivity index (χ1n) is 17.1. The van der Waals surface area contributed by atoms with E-state index in [1.54, 1.807) is 0 Å². The molecule has 0 aromatic heterocycles. The quantitative estimate of drug-likeness (QED) is 0.0316. The molecule has 250 valence electrons. The van der Waals surface area contributed by atoms with Crippen LogP contribution in [-0.4, -0.2) is 61.4 Å². The molecule has 0 spiro atoms. The zero-order valence-electron chi connectivity index (χ0n) is 27.9. The molecule has 0 bridgehead atoms. The SMILES string of the molecule is CCCCC(=O)N(O)c1ccc(CCCCCCCCCCCCCCCCCCOP(=O)(O)OCC[N+](C)(C)C)cc1. The second kappa shape index (κ2) is 24.0. The number of aryl methyl sites for hydroxylation is 1. The number of amides is 1. The van der Waals surface area contributed by atoms with Gasteiger partial charge in [-0.25, -0.2) is 4.57 Å².